The second-order valence-electron chi connectivity index (χ2n) is 5.20. The van der Waals surface area contributed by atoms with Crippen molar-refractivity contribution in [2.45, 2.75) is 58.3 Å². The molecule has 0 aromatic heterocycles. The number of ether oxygens (including phenoxy) is 1. The molecule has 1 aliphatic carbocycles. The lowest BCUT2D eigenvalue weighted by molar-refractivity contribution is -0.153. The molecule has 1 saturated carbocycles. The molecule has 1 atom stereocenters. The maximum absolute atomic E-state index is 11.9. The molecule has 1 fully saturated rings. The van der Waals surface area contributed by atoms with Gasteiger partial charge in [0.2, 0.25) is 0 Å². The molecule has 0 bridgehead atoms. The van der Waals surface area contributed by atoms with Gasteiger partial charge in [0.1, 0.15) is 0 Å². The molecule has 1 aliphatic rings. The number of esters is 1. The Morgan fingerprint density at radius 3 is 2.56 bits per heavy atom. The van der Waals surface area contributed by atoms with Crippen LogP contribution in [0.25, 0.3) is 0 Å². The molecule has 0 radical (unpaired) electrons. The minimum Gasteiger partial charge on any atom is -0.481 e. The molecule has 104 valence electrons. The van der Waals surface area contributed by atoms with Gasteiger partial charge in [-0.2, -0.15) is 0 Å². The van der Waals surface area contributed by atoms with E-state index in [0.29, 0.717) is 18.9 Å². The summed E-state index contributed by atoms with van der Waals surface area (Å²) >= 11 is 0. The number of hydrogen-bond donors (Lipinski definition) is 1. The molecule has 1 N–H and O–H groups in total. The van der Waals surface area contributed by atoms with Crippen molar-refractivity contribution < 1.29 is 19.4 Å². The van der Waals surface area contributed by atoms with Crippen LogP contribution in [-0.4, -0.2) is 23.7 Å². The Kier molecular flexibility index (Phi) is 6.76. The van der Waals surface area contributed by atoms with Crippen LogP contribution in [0.15, 0.2) is 0 Å². The van der Waals surface area contributed by atoms with Crippen LogP contribution in [0.4, 0.5) is 0 Å². The monoisotopic (exact) mass is 256 g/mol. The van der Waals surface area contributed by atoms with Crippen molar-refractivity contribution >= 4 is 11.9 Å². The second kappa shape index (κ2) is 8.11. The van der Waals surface area contributed by atoms with E-state index in [1.165, 1.54) is 12.8 Å². The van der Waals surface area contributed by atoms with E-state index >= 15 is 0 Å². The summed E-state index contributed by atoms with van der Waals surface area (Å²) in [5.74, 6) is -1.18. The molecule has 0 heterocycles. The zero-order valence-electron chi connectivity index (χ0n) is 11.2. The highest BCUT2D eigenvalue weighted by Crippen LogP contribution is 2.31. The maximum atomic E-state index is 11.9. The molecule has 18 heavy (non-hydrogen) atoms. The number of carbonyl (C=O) groups excluding carboxylic acids is 1. The molecule has 0 saturated heterocycles. The average molecular weight is 256 g/mol. The maximum Gasteiger partial charge on any atom is 0.309 e. The van der Waals surface area contributed by atoms with Gasteiger partial charge in [-0.15, -0.1) is 0 Å². The lowest BCUT2D eigenvalue weighted by atomic mass is 9.91. The third kappa shape index (κ3) is 5.52. The molecule has 0 spiro atoms. The van der Waals surface area contributed by atoms with Crippen molar-refractivity contribution in [3.8, 4) is 0 Å². The Morgan fingerprint density at radius 2 is 2.00 bits per heavy atom. The van der Waals surface area contributed by atoms with Gasteiger partial charge in [0, 0.05) is 0 Å². The lowest BCUT2D eigenvalue weighted by Gasteiger charge is -2.17. The van der Waals surface area contributed by atoms with Gasteiger partial charge in [-0.1, -0.05) is 39.0 Å². The van der Waals surface area contributed by atoms with E-state index in [1.54, 1.807) is 0 Å². The van der Waals surface area contributed by atoms with Crippen LogP contribution in [0, 0.1) is 11.8 Å². The largest absolute Gasteiger partial charge is 0.481 e. The highest BCUT2D eigenvalue weighted by molar-refractivity contribution is 5.79. The summed E-state index contributed by atoms with van der Waals surface area (Å²) in [4.78, 5) is 22.7. The number of unbranched alkanes of at least 4 members (excludes halogenated alkanes) is 1. The fourth-order valence-electron chi connectivity index (χ4n) is 2.56. The first-order valence-corrected chi connectivity index (χ1v) is 7.02. The van der Waals surface area contributed by atoms with Crippen LogP contribution >= 0.6 is 0 Å². The van der Waals surface area contributed by atoms with Crippen LogP contribution in [0.2, 0.25) is 0 Å². The first-order chi connectivity index (χ1) is 8.63. The van der Waals surface area contributed by atoms with Gasteiger partial charge in [0.25, 0.3) is 0 Å². The fraction of sp³-hybridized carbons (Fsp3) is 0.857. The Balaban J connectivity index is 2.42. The molecule has 0 aromatic carbocycles. The molecule has 1 rings (SSSR count). The Hall–Kier alpha value is -1.06. The van der Waals surface area contributed by atoms with Crippen molar-refractivity contribution in [1.82, 2.24) is 0 Å². The summed E-state index contributed by atoms with van der Waals surface area (Å²) in [5, 5.41) is 8.87. The summed E-state index contributed by atoms with van der Waals surface area (Å²) in [5.41, 5.74) is 0. The van der Waals surface area contributed by atoms with E-state index in [1.807, 2.05) is 6.92 Å². The van der Waals surface area contributed by atoms with Gasteiger partial charge in [0.15, 0.2) is 0 Å². The summed E-state index contributed by atoms with van der Waals surface area (Å²) in [6.07, 6.45) is 7.05. The first kappa shape index (κ1) is 15.0. The number of carboxylic acids is 1. The number of aliphatic carboxylic acids is 1. The van der Waals surface area contributed by atoms with Crippen molar-refractivity contribution in [1.29, 1.82) is 0 Å². The quantitative estimate of drug-likeness (QED) is 0.535. The van der Waals surface area contributed by atoms with Crippen LogP contribution in [-0.2, 0) is 14.3 Å². The minimum absolute atomic E-state index is 0.0958. The number of rotatable bonds is 8. The number of carbonyl (C=O) groups is 2. The second-order valence-corrected chi connectivity index (χ2v) is 5.20. The smallest absolute Gasteiger partial charge is 0.309 e. The van der Waals surface area contributed by atoms with E-state index in [4.69, 9.17) is 9.84 Å². The molecule has 0 aliphatic heterocycles. The zero-order valence-corrected chi connectivity index (χ0v) is 11.2. The predicted molar refractivity (Wildman–Crippen MR) is 68.2 cm³/mol. The Morgan fingerprint density at radius 1 is 1.33 bits per heavy atom. The summed E-state index contributed by atoms with van der Waals surface area (Å²) in [6.45, 7) is 2.44. The number of hydrogen-bond acceptors (Lipinski definition) is 3. The normalized spacial score (nSPS) is 17.6. The molecule has 0 amide bonds. The van der Waals surface area contributed by atoms with Crippen LogP contribution in [0.5, 0.6) is 0 Å². The molecule has 4 heteroatoms. The fourth-order valence-corrected chi connectivity index (χ4v) is 2.56. The Bertz CT molecular complexity index is 269. The van der Waals surface area contributed by atoms with E-state index < -0.39 is 11.9 Å². The standard InChI is InChI=1S/C14H24O4/c1-2-3-8-18-14(17)12(10-13(15)16)9-11-6-4-5-7-11/h11-12H,2-10H2,1H3,(H,15,16)/t12-/m1/s1. The van der Waals surface area contributed by atoms with Gasteiger partial charge in [-0.3, -0.25) is 9.59 Å². The van der Waals surface area contributed by atoms with Gasteiger partial charge >= 0.3 is 11.9 Å². The number of carboxylic acid groups (broad SMARTS) is 1. The zero-order chi connectivity index (χ0) is 13.4. The predicted octanol–water partition coefficient (Wildman–Crippen LogP) is 3.00. The van der Waals surface area contributed by atoms with Crippen LogP contribution < -0.4 is 0 Å². The summed E-state index contributed by atoms with van der Waals surface area (Å²) in [6, 6.07) is 0. The van der Waals surface area contributed by atoms with Crippen molar-refractivity contribution in [3.63, 3.8) is 0 Å². The molecule has 0 aromatic rings. The molecule has 4 nitrogen and oxygen atoms in total. The van der Waals surface area contributed by atoms with Crippen molar-refractivity contribution in [2.24, 2.45) is 11.8 Å². The third-order valence-corrected chi connectivity index (χ3v) is 3.59. The van der Waals surface area contributed by atoms with E-state index in [0.717, 1.165) is 25.7 Å². The van der Waals surface area contributed by atoms with E-state index in [-0.39, 0.29) is 12.4 Å². The first-order valence-electron chi connectivity index (χ1n) is 7.02. The van der Waals surface area contributed by atoms with Gasteiger partial charge in [-0.05, 0) is 18.8 Å². The van der Waals surface area contributed by atoms with E-state index in [9.17, 15) is 9.59 Å². The van der Waals surface area contributed by atoms with E-state index in [2.05, 4.69) is 0 Å². The topological polar surface area (TPSA) is 63.6 Å². The van der Waals surface area contributed by atoms with Gasteiger partial charge in [-0.25, -0.2) is 0 Å². The van der Waals surface area contributed by atoms with Crippen LogP contribution in [0.1, 0.15) is 58.3 Å². The van der Waals surface area contributed by atoms with Crippen molar-refractivity contribution in [3.05, 3.63) is 0 Å². The highest BCUT2D eigenvalue weighted by Gasteiger charge is 2.28. The molecular weight excluding hydrogens is 232 g/mol. The average Bonchev–Trinajstić information content (AvgIpc) is 2.80. The SMILES string of the molecule is CCCCOC(=O)[C@@H](CC(=O)O)CC1CCCC1. The summed E-state index contributed by atoms with van der Waals surface area (Å²) < 4.78 is 5.15. The summed E-state index contributed by atoms with van der Waals surface area (Å²) in [7, 11) is 0. The Labute approximate surface area is 109 Å². The molecular formula is C14H24O4. The third-order valence-electron chi connectivity index (χ3n) is 3.59. The van der Waals surface area contributed by atoms with Gasteiger partial charge in [0.05, 0.1) is 18.9 Å². The lowest BCUT2D eigenvalue weighted by Crippen LogP contribution is -2.23. The van der Waals surface area contributed by atoms with Crippen molar-refractivity contribution in [2.75, 3.05) is 6.61 Å². The molecule has 0 unspecified atom stereocenters. The van der Waals surface area contributed by atoms with Gasteiger partial charge < -0.3 is 9.84 Å². The minimum atomic E-state index is -0.912. The highest BCUT2D eigenvalue weighted by atomic mass is 16.5. The van der Waals surface area contributed by atoms with Crippen LogP contribution in [0.3, 0.4) is 0 Å².